The Morgan fingerprint density at radius 2 is 2.47 bits per heavy atom. The number of hydrogen-bond donors (Lipinski definition) is 2. The van der Waals surface area contributed by atoms with Gasteiger partial charge < -0.3 is 15.2 Å². The zero-order chi connectivity index (χ0) is 10.7. The standard InChI is InChI=1S/C10H18N2O3/c13-6-9-7-15-10(14)12(9)5-8-2-1-3-11-4-8/h8-9,11,13H,1-7H2. The summed E-state index contributed by atoms with van der Waals surface area (Å²) in [6.07, 6.45) is 2.03. The smallest absolute Gasteiger partial charge is 0.410 e. The van der Waals surface area contributed by atoms with Crippen LogP contribution < -0.4 is 5.32 Å². The van der Waals surface area contributed by atoms with Crippen molar-refractivity contribution in [3.05, 3.63) is 0 Å². The number of hydrogen-bond acceptors (Lipinski definition) is 4. The van der Waals surface area contributed by atoms with E-state index in [2.05, 4.69) is 5.32 Å². The van der Waals surface area contributed by atoms with Gasteiger partial charge in [0.1, 0.15) is 6.61 Å². The van der Waals surface area contributed by atoms with E-state index in [1.54, 1.807) is 4.90 Å². The normalized spacial score (nSPS) is 31.8. The lowest BCUT2D eigenvalue weighted by Gasteiger charge is -2.28. The SMILES string of the molecule is O=C1OCC(CO)N1CC1CCCNC1. The van der Waals surface area contributed by atoms with Crippen LogP contribution in [0.3, 0.4) is 0 Å². The summed E-state index contributed by atoms with van der Waals surface area (Å²) < 4.78 is 4.92. The predicted molar refractivity (Wildman–Crippen MR) is 54.5 cm³/mol. The molecule has 5 heteroatoms. The molecule has 0 bridgehead atoms. The van der Waals surface area contributed by atoms with E-state index in [9.17, 15) is 4.79 Å². The minimum absolute atomic E-state index is 0.00805. The third-order valence-corrected chi connectivity index (χ3v) is 3.14. The Labute approximate surface area is 89.4 Å². The molecule has 2 aliphatic rings. The molecule has 2 saturated heterocycles. The average Bonchev–Trinajstić information content (AvgIpc) is 2.62. The van der Waals surface area contributed by atoms with Crippen LogP contribution in [0.25, 0.3) is 0 Å². The van der Waals surface area contributed by atoms with Gasteiger partial charge >= 0.3 is 6.09 Å². The largest absolute Gasteiger partial charge is 0.447 e. The number of piperidine rings is 1. The van der Waals surface area contributed by atoms with E-state index in [1.807, 2.05) is 0 Å². The summed E-state index contributed by atoms with van der Waals surface area (Å²) in [6, 6.07) is -0.139. The summed E-state index contributed by atoms with van der Waals surface area (Å²) in [4.78, 5) is 13.1. The van der Waals surface area contributed by atoms with Gasteiger partial charge in [0.2, 0.25) is 0 Å². The summed E-state index contributed by atoms with van der Waals surface area (Å²) in [6.45, 7) is 3.06. The third-order valence-electron chi connectivity index (χ3n) is 3.14. The Kier molecular flexibility index (Phi) is 3.43. The van der Waals surface area contributed by atoms with Gasteiger partial charge in [-0.05, 0) is 31.8 Å². The second-order valence-electron chi connectivity index (χ2n) is 4.28. The van der Waals surface area contributed by atoms with Crippen molar-refractivity contribution in [1.82, 2.24) is 10.2 Å². The number of ether oxygens (including phenoxy) is 1. The quantitative estimate of drug-likeness (QED) is 0.683. The maximum Gasteiger partial charge on any atom is 0.410 e. The molecule has 2 N–H and O–H groups in total. The molecule has 2 unspecified atom stereocenters. The van der Waals surface area contributed by atoms with E-state index in [0.717, 1.165) is 25.9 Å². The second-order valence-corrected chi connectivity index (χ2v) is 4.28. The van der Waals surface area contributed by atoms with Gasteiger partial charge in [-0.1, -0.05) is 0 Å². The van der Waals surface area contributed by atoms with Crippen LogP contribution in [0.15, 0.2) is 0 Å². The van der Waals surface area contributed by atoms with Crippen LogP contribution in [0.5, 0.6) is 0 Å². The Hall–Kier alpha value is -0.810. The highest BCUT2D eigenvalue weighted by Gasteiger charge is 2.34. The number of carbonyl (C=O) groups is 1. The number of nitrogens with zero attached hydrogens (tertiary/aromatic N) is 1. The maximum atomic E-state index is 11.4. The van der Waals surface area contributed by atoms with E-state index in [4.69, 9.17) is 9.84 Å². The van der Waals surface area contributed by atoms with Gasteiger partial charge in [0.25, 0.3) is 0 Å². The van der Waals surface area contributed by atoms with Crippen molar-refractivity contribution < 1.29 is 14.6 Å². The number of aliphatic hydroxyl groups is 1. The third kappa shape index (κ3) is 2.41. The van der Waals surface area contributed by atoms with Gasteiger partial charge in [-0.25, -0.2) is 4.79 Å². The van der Waals surface area contributed by atoms with Crippen LogP contribution in [0.2, 0.25) is 0 Å². The molecule has 5 nitrogen and oxygen atoms in total. The van der Waals surface area contributed by atoms with E-state index in [0.29, 0.717) is 19.1 Å². The molecule has 0 aromatic carbocycles. The van der Waals surface area contributed by atoms with Crippen LogP contribution in [0.4, 0.5) is 4.79 Å². The average molecular weight is 214 g/mol. The van der Waals surface area contributed by atoms with Gasteiger partial charge in [0, 0.05) is 6.54 Å². The highest BCUT2D eigenvalue weighted by molar-refractivity contribution is 5.70. The first-order chi connectivity index (χ1) is 7.31. The molecule has 0 aromatic rings. The summed E-state index contributed by atoms with van der Waals surface area (Å²) in [5, 5.41) is 12.4. The van der Waals surface area contributed by atoms with E-state index >= 15 is 0 Å². The van der Waals surface area contributed by atoms with Crippen molar-refractivity contribution >= 4 is 6.09 Å². The highest BCUT2D eigenvalue weighted by Crippen LogP contribution is 2.18. The first-order valence-electron chi connectivity index (χ1n) is 5.56. The Morgan fingerprint density at radius 1 is 1.60 bits per heavy atom. The van der Waals surface area contributed by atoms with Gasteiger partial charge in [0.15, 0.2) is 0 Å². The molecule has 86 valence electrons. The van der Waals surface area contributed by atoms with Crippen LogP contribution in [0.1, 0.15) is 12.8 Å². The summed E-state index contributed by atoms with van der Waals surface area (Å²) in [5.74, 6) is 0.499. The molecular formula is C10H18N2O3. The number of nitrogens with one attached hydrogen (secondary N) is 1. The summed E-state index contributed by atoms with van der Waals surface area (Å²) in [5.41, 5.74) is 0. The van der Waals surface area contributed by atoms with E-state index < -0.39 is 0 Å². The molecule has 0 aliphatic carbocycles. The van der Waals surface area contributed by atoms with Gasteiger partial charge in [-0.2, -0.15) is 0 Å². The molecule has 0 saturated carbocycles. The summed E-state index contributed by atoms with van der Waals surface area (Å²) in [7, 11) is 0. The van der Waals surface area contributed by atoms with Gasteiger partial charge in [-0.15, -0.1) is 0 Å². The van der Waals surface area contributed by atoms with Crippen molar-refractivity contribution in [3.63, 3.8) is 0 Å². The molecule has 0 spiro atoms. The number of carbonyl (C=O) groups excluding carboxylic acids is 1. The van der Waals surface area contributed by atoms with Gasteiger partial charge in [0.05, 0.1) is 12.6 Å². The fraction of sp³-hybridized carbons (Fsp3) is 0.900. The van der Waals surface area contributed by atoms with Crippen LogP contribution in [-0.2, 0) is 4.74 Å². The molecule has 2 aliphatic heterocycles. The van der Waals surface area contributed by atoms with Crippen LogP contribution >= 0.6 is 0 Å². The van der Waals surface area contributed by atoms with Crippen LogP contribution in [-0.4, -0.2) is 55.0 Å². The first-order valence-corrected chi connectivity index (χ1v) is 5.56. The van der Waals surface area contributed by atoms with Gasteiger partial charge in [-0.3, -0.25) is 4.90 Å². The van der Waals surface area contributed by atoms with E-state index in [-0.39, 0.29) is 18.7 Å². The molecular weight excluding hydrogens is 196 g/mol. The number of amides is 1. The summed E-state index contributed by atoms with van der Waals surface area (Å²) >= 11 is 0. The van der Waals surface area contributed by atoms with Crippen LogP contribution in [0, 0.1) is 5.92 Å². The molecule has 0 aromatic heterocycles. The second kappa shape index (κ2) is 4.81. The van der Waals surface area contributed by atoms with Crippen molar-refractivity contribution in [3.8, 4) is 0 Å². The molecule has 15 heavy (non-hydrogen) atoms. The Bertz CT molecular complexity index is 229. The zero-order valence-corrected chi connectivity index (χ0v) is 8.82. The minimum atomic E-state index is -0.278. The Morgan fingerprint density at radius 3 is 3.13 bits per heavy atom. The topological polar surface area (TPSA) is 61.8 Å². The van der Waals surface area contributed by atoms with Crippen molar-refractivity contribution in [1.29, 1.82) is 0 Å². The van der Waals surface area contributed by atoms with Crippen molar-refractivity contribution in [2.24, 2.45) is 5.92 Å². The molecule has 1 amide bonds. The lowest BCUT2D eigenvalue weighted by molar-refractivity contribution is 0.140. The maximum absolute atomic E-state index is 11.4. The lowest BCUT2D eigenvalue weighted by Crippen LogP contribution is -2.43. The lowest BCUT2D eigenvalue weighted by atomic mass is 9.99. The predicted octanol–water partition coefficient (Wildman–Crippen LogP) is -0.201. The number of cyclic esters (lactones) is 1. The minimum Gasteiger partial charge on any atom is -0.447 e. The highest BCUT2D eigenvalue weighted by atomic mass is 16.6. The monoisotopic (exact) mass is 214 g/mol. The first kappa shape index (κ1) is 10.7. The molecule has 2 fully saturated rings. The van der Waals surface area contributed by atoms with Crippen molar-refractivity contribution in [2.75, 3.05) is 32.8 Å². The molecule has 2 heterocycles. The fourth-order valence-electron chi connectivity index (χ4n) is 2.22. The fourth-order valence-corrected chi connectivity index (χ4v) is 2.22. The zero-order valence-electron chi connectivity index (χ0n) is 8.82. The molecule has 2 atom stereocenters. The molecule has 0 radical (unpaired) electrons. The number of aliphatic hydroxyl groups excluding tert-OH is 1. The Balaban J connectivity index is 1.88. The van der Waals surface area contributed by atoms with E-state index in [1.165, 1.54) is 0 Å². The molecule has 2 rings (SSSR count). The van der Waals surface area contributed by atoms with Crippen molar-refractivity contribution in [2.45, 2.75) is 18.9 Å². The number of rotatable bonds is 3.